The zero-order chi connectivity index (χ0) is 15.7. The summed E-state index contributed by atoms with van der Waals surface area (Å²) in [5.74, 6) is -1.76. The Kier molecular flexibility index (Phi) is 4.34. The Bertz CT molecular complexity index is 552. The van der Waals surface area contributed by atoms with E-state index in [4.69, 9.17) is 0 Å². The fourth-order valence-electron chi connectivity index (χ4n) is 3.19. The second-order valence-corrected chi connectivity index (χ2v) is 6.17. The summed E-state index contributed by atoms with van der Waals surface area (Å²) in [5.41, 5.74) is 1.96. The van der Waals surface area contributed by atoms with Crippen LogP contribution in [0.3, 0.4) is 0 Å². The van der Waals surface area contributed by atoms with E-state index < -0.39 is 17.8 Å². The molecular formula is C15H23N3O3. The Morgan fingerprint density at radius 2 is 2.05 bits per heavy atom. The molecule has 0 bridgehead atoms. The number of carboxylic acids is 1. The first-order valence-electron chi connectivity index (χ1n) is 7.33. The van der Waals surface area contributed by atoms with Gasteiger partial charge in [0.2, 0.25) is 5.91 Å². The molecule has 1 aliphatic rings. The average Bonchev–Trinajstić information content (AvgIpc) is 2.94. The number of aliphatic carboxylic acids is 1. The van der Waals surface area contributed by atoms with Crippen molar-refractivity contribution in [3.05, 3.63) is 17.5 Å². The van der Waals surface area contributed by atoms with Crippen LogP contribution in [0.5, 0.6) is 0 Å². The topological polar surface area (TPSA) is 84.2 Å². The monoisotopic (exact) mass is 293 g/mol. The lowest BCUT2D eigenvalue weighted by molar-refractivity contribution is -0.146. The molecule has 0 aliphatic heterocycles. The molecule has 2 unspecified atom stereocenters. The van der Waals surface area contributed by atoms with E-state index in [-0.39, 0.29) is 17.9 Å². The third kappa shape index (κ3) is 3.09. The van der Waals surface area contributed by atoms with Crippen molar-refractivity contribution in [2.75, 3.05) is 0 Å². The van der Waals surface area contributed by atoms with E-state index in [1.165, 1.54) is 0 Å². The normalized spacial score (nSPS) is 26.6. The SMILES string of the molecule is Cc1c(C(C)NC(=O)[C@H]2CC(C)C[C@H]2C(=O)O)cnn1C. The van der Waals surface area contributed by atoms with Crippen molar-refractivity contribution in [3.8, 4) is 0 Å². The largest absolute Gasteiger partial charge is 0.481 e. The quantitative estimate of drug-likeness (QED) is 0.884. The lowest BCUT2D eigenvalue weighted by atomic mass is 9.95. The molecule has 1 fully saturated rings. The van der Waals surface area contributed by atoms with E-state index in [1.807, 2.05) is 27.8 Å². The highest BCUT2D eigenvalue weighted by Crippen LogP contribution is 2.37. The number of carboxylic acid groups (broad SMARTS) is 1. The number of amides is 1. The van der Waals surface area contributed by atoms with Crippen molar-refractivity contribution in [2.45, 2.75) is 39.7 Å². The standard InChI is InChI=1S/C15H23N3O3/c1-8-5-11(12(6-8)15(20)21)14(19)17-9(2)13-7-16-18(4)10(13)3/h7-9,11-12H,5-6H2,1-4H3,(H,17,19)(H,20,21)/t8?,9?,11-,12+/m0/s1. The molecule has 1 aromatic rings. The molecule has 1 heterocycles. The number of nitrogens with zero attached hydrogens (tertiary/aromatic N) is 2. The fourth-order valence-corrected chi connectivity index (χ4v) is 3.19. The second-order valence-electron chi connectivity index (χ2n) is 6.17. The van der Waals surface area contributed by atoms with Crippen LogP contribution in [-0.2, 0) is 16.6 Å². The van der Waals surface area contributed by atoms with Gasteiger partial charge in [-0.05, 0) is 32.6 Å². The van der Waals surface area contributed by atoms with Gasteiger partial charge in [0, 0.05) is 18.3 Å². The molecule has 1 aromatic heterocycles. The van der Waals surface area contributed by atoms with Gasteiger partial charge in [0.05, 0.1) is 24.1 Å². The molecule has 0 spiro atoms. The molecule has 6 heteroatoms. The number of rotatable bonds is 4. The zero-order valence-corrected chi connectivity index (χ0v) is 13.0. The number of carbonyl (C=O) groups is 2. The van der Waals surface area contributed by atoms with Gasteiger partial charge >= 0.3 is 5.97 Å². The summed E-state index contributed by atoms with van der Waals surface area (Å²) < 4.78 is 1.76. The molecule has 21 heavy (non-hydrogen) atoms. The predicted octanol–water partition coefficient (Wildman–Crippen LogP) is 1.65. The molecule has 4 atom stereocenters. The van der Waals surface area contributed by atoms with Crippen LogP contribution in [-0.4, -0.2) is 26.8 Å². The predicted molar refractivity (Wildman–Crippen MR) is 77.5 cm³/mol. The van der Waals surface area contributed by atoms with Crippen molar-refractivity contribution in [3.63, 3.8) is 0 Å². The Hall–Kier alpha value is -1.85. The van der Waals surface area contributed by atoms with Crippen LogP contribution in [0.2, 0.25) is 0 Å². The first-order valence-corrected chi connectivity index (χ1v) is 7.33. The summed E-state index contributed by atoms with van der Waals surface area (Å²) in [6.45, 7) is 5.84. The molecular weight excluding hydrogens is 270 g/mol. The summed E-state index contributed by atoms with van der Waals surface area (Å²) in [4.78, 5) is 23.7. The highest BCUT2D eigenvalue weighted by atomic mass is 16.4. The second kappa shape index (κ2) is 5.87. The molecule has 2 rings (SSSR count). The summed E-state index contributed by atoms with van der Waals surface area (Å²) in [6, 6.07) is -0.170. The molecule has 1 aliphatic carbocycles. The van der Waals surface area contributed by atoms with Gasteiger partial charge in [-0.25, -0.2) is 0 Å². The molecule has 1 saturated carbocycles. The zero-order valence-electron chi connectivity index (χ0n) is 13.0. The van der Waals surface area contributed by atoms with Gasteiger partial charge in [0.25, 0.3) is 0 Å². The maximum atomic E-state index is 12.4. The van der Waals surface area contributed by atoms with Gasteiger partial charge < -0.3 is 10.4 Å². The third-order valence-corrected chi connectivity index (χ3v) is 4.55. The van der Waals surface area contributed by atoms with Gasteiger partial charge in [-0.15, -0.1) is 0 Å². The molecule has 6 nitrogen and oxygen atoms in total. The number of carbonyl (C=O) groups excluding carboxylic acids is 1. The smallest absolute Gasteiger partial charge is 0.307 e. The van der Waals surface area contributed by atoms with Gasteiger partial charge in [-0.1, -0.05) is 6.92 Å². The van der Waals surface area contributed by atoms with E-state index >= 15 is 0 Å². The number of aromatic nitrogens is 2. The van der Waals surface area contributed by atoms with Crippen molar-refractivity contribution in [2.24, 2.45) is 24.8 Å². The Morgan fingerprint density at radius 3 is 2.57 bits per heavy atom. The number of hydrogen-bond donors (Lipinski definition) is 2. The van der Waals surface area contributed by atoms with E-state index in [0.717, 1.165) is 11.3 Å². The molecule has 0 saturated heterocycles. The van der Waals surface area contributed by atoms with Crippen LogP contribution in [0.1, 0.15) is 44.0 Å². The number of aryl methyl sites for hydroxylation is 1. The van der Waals surface area contributed by atoms with Gasteiger partial charge in [-0.2, -0.15) is 5.10 Å². The molecule has 1 amide bonds. The van der Waals surface area contributed by atoms with Crippen molar-refractivity contribution in [1.82, 2.24) is 15.1 Å². The Labute approximate surface area is 124 Å². The van der Waals surface area contributed by atoms with E-state index in [0.29, 0.717) is 12.8 Å². The van der Waals surface area contributed by atoms with Crippen molar-refractivity contribution >= 4 is 11.9 Å². The highest BCUT2D eigenvalue weighted by Gasteiger charge is 2.41. The highest BCUT2D eigenvalue weighted by molar-refractivity contribution is 5.85. The fraction of sp³-hybridized carbons (Fsp3) is 0.667. The van der Waals surface area contributed by atoms with E-state index in [2.05, 4.69) is 10.4 Å². The van der Waals surface area contributed by atoms with Crippen molar-refractivity contribution < 1.29 is 14.7 Å². The van der Waals surface area contributed by atoms with Crippen LogP contribution >= 0.6 is 0 Å². The van der Waals surface area contributed by atoms with Crippen LogP contribution in [0.15, 0.2) is 6.20 Å². The maximum absolute atomic E-state index is 12.4. The van der Waals surface area contributed by atoms with Crippen LogP contribution in [0.25, 0.3) is 0 Å². The van der Waals surface area contributed by atoms with Crippen LogP contribution in [0.4, 0.5) is 0 Å². The van der Waals surface area contributed by atoms with E-state index in [1.54, 1.807) is 10.9 Å². The van der Waals surface area contributed by atoms with Gasteiger partial charge in [0.15, 0.2) is 0 Å². The van der Waals surface area contributed by atoms with Gasteiger partial charge in [0.1, 0.15) is 0 Å². The number of nitrogens with one attached hydrogen (secondary N) is 1. The minimum absolute atomic E-state index is 0.164. The summed E-state index contributed by atoms with van der Waals surface area (Å²) in [5, 5.41) is 16.4. The average molecular weight is 293 g/mol. The third-order valence-electron chi connectivity index (χ3n) is 4.55. The first-order chi connectivity index (χ1) is 9.81. The minimum Gasteiger partial charge on any atom is -0.481 e. The lowest BCUT2D eigenvalue weighted by Gasteiger charge is -2.19. The molecule has 0 aromatic carbocycles. The molecule has 116 valence electrons. The van der Waals surface area contributed by atoms with E-state index in [9.17, 15) is 14.7 Å². The van der Waals surface area contributed by atoms with Crippen LogP contribution < -0.4 is 5.32 Å². The first kappa shape index (κ1) is 15.5. The van der Waals surface area contributed by atoms with Crippen LogP contribution in [0, 0.1) is 24.7 Å². The van der Waals surface area contributed by atoms with Crippen molar-refractivity contribution in [1.29, 1.82) is 0 Å². The summed E-state index contributed by atoms with van der Waals surface area (Å²) >= 11 is 0. The molecule has 0 radical (unpaired) electrons. The minimum atomic E-state index is -0.871. The summed E-state index contributed by atoms with van der Waals surface area (Å²) in [6.07, 6.45) is 2.96. The lowest BCUT2D eigenvalue weighted by Crippen LogP contribution is -2.36. The Balaban J connectivity index is 2.07. The Morgan fingerprint density at radius 1 is 1.43 bits per heavy atom. The number of hydrogen-bond acceptors (Lipinski definition) is 3. The maximum Gasteiger partial charge on any atom is 0.307 e. The molecule has 2 N–H and O–H groups in total. The van der Waals surface area contributed by atoms with Gasteiger partial charge in [-0.3, -0.25) is 14.3 Å². The summed E-state index contributed by atoms with van der Waals surface area (Å²) in [7, 11) is 1.85.